The molecule has 58 valence electrons. The van der Waals surface area contributed by atoms with Gasteiger partial charge >= 0.3 is 11.9 Å². The minimum Gasteiger partial charge on any atom is -0.461 e. The lowest BCUT2D eigenvalue weighted by molar-refractivity contribution is -0.169. The van der Waals surface area contributed by atoms with Crippen LogP contribution in [0.4, 0.5) is 8.78 Å². The zero-order valence-electron chi connectivity index (χ0n) is 5.40. The van der Waals surface area contributed by atoms with Crippen molar-refractivity contribution in [2.75, 3.05) is 6.61 Å². The van der Waals surface area contributed by atoms with Crippen molar-refractivity contribution >= 4 is 5.97 Å². The van der Waals surface area contributed by atoms with Gasteiger partial charge in [-0.1, -0.05) is 0 Å². The maximum absolute atomic E-state index is 12.4. The van der Waals surface area contributed by atoms with Crippen molar-refractivity contribution < 1.29 is 18.3 Å². The molecule has 0 aliphatic carbocycles. The van der Waals surface area contributed by atoms with Gasteiger partial charge in [0.2, 0.25) is 0 Å². The molecule has 2 nitrogen and oxygen atoms in total. The first kappa shape index (κ1) is 7.44. The lowest BCUT2D eigenvalue weighted by Gasteiger charge is -2.08. The maximum Gasteiger partial charge on any atom is 0.376 e. The Morgan fingerprint density at radius 3 is 2.80 bits per heavy atom. The van der Waals surface area contributed by atoms with Gasteiger partial charge in [0.05, 0.1) is 6.61 Å². The number of alkyl halides is 2. The van der Waals surface area contributed by atoms with Crippen LogP contribution in [0.5, 0.6) is 0 Å². The van der Waals surface area contributed by atoms with Crippen molar-refractivity contribution in [3.63, 3.8) is 0 Å². The fourth-order valence-electron chi connectivity index (χ4n) is 0.822. The molecule has 1 fully saturated rings. The van der Waals surface area contributed by atoms with Crippen molar-refractivity contribution in [2.45, 2.75) is 25.2 Å². The summed E-state index contributed by atoms with van der Waals surface area (Å²) in [6.07, 6.45) is 0.534. The van der Waals surface area contributed by atoms with E-state index in [2.05, 4.69) is 4.74 Å². The van der Waals surface area contributed by atoms with E-state index in [0.717, 1.165) is 0 Å². The van der Waals surface area contributed by atoms with E-state index < -0.39 is 11.9 Å². The molecule has 0 spiro atoms. The van der Waals surface area contributed by atoms with Gasteiger partial charge in [0.15, 0.2) is 0 Å². The third kappa shape index (κ3) is 1.43. The molecule has 1 saturated heterocycles. The molecule has 0 radical (unpaired) electrons. The van der Waals surface area contributed by atoms with E-state index >= 15 is 0 Å². The molecule has 0 saturated carbocycles. The molecule has 4 heteroatoms. The predicted octanol–water partition coefficient (Wildman–Crippen LogP) is 1.35. The second-order valence-corrected chi connectivity index (χ2v) is 2.30. The Bertz CT molecular complexity index is 145. The molecule has 0 N–H and O–H groups in total. The summed E-state index contributed by atoms with van der Waals surface area (Å²) < 4.78 is 29.0. The maximum atomic E-state index is 12.4. The molecule has 1 heterocycles. The van der Waals surface area contributed by atoms with Crippen LogP contribution in [0.1, 0.15) is 19.3 Å². The highest BCUT2D eigenvalue weighted by Gasteiger charge is 2.41. The molecule has 1 rings (SSSR count). The molecule has 0 aromatic carbocycles. The fourth-order valence-corrected chi connectivity index (χ4v) is 0.822. The van der Waals surface area contributed by atoms with Gasteiger partial charge in [-0.05, 0) is 12.8 Å². The zero-order chi connectivity index (χ0) is 7.61. The van der Waals surface area contributed by atoms with Crippen molar-refractivity contribution in [3.8, 4) is 0 Å². The Labute approximate surface area is 57.2 Å². The highest BCUT2D eigenvalue weighted by molar-refractivity contribution is 5.77. The molecule has 0 aromatic rings. The first-order chi connectivity index (χ1) is 4.63. The number of carbonyl (C=O) groups excluding carboxylic acids is 1. The van der Waals surface area contributed by atoms with Gasteiger partial charge in [0.1, 0.15) is 0 Å². The number of hydrogen-bond acceptors (Lipinski definition) is 2. The number of rotatable bonds is 0. The monoisotopic (exact) mass is 150 g/mol. The molecular weight excluding hydrogens is 142 g/mol. The van der Waals surface area contributed by atoms with Gasteiger partial charge in [-0.15, -0.1) is 0 Å². The van der Waals surface area contributed by atoms with Crippen molar-refractivity contribution in [3.05, 3.63) is 0 Å². The summed E-state index contributed by atoms with van der Waals surface area (Å²) in [5, 5.41) is 0. The summed E-state index contributed by atoms with van der Waals surface area (Å²) in [6, 6.07) is 0. The normalized spacial score (nSPS) is 25.2. The van der Waals surface area contributed by atoms with Gasteiger partial charge in [0.25, 0.3) is 0 Å². The number of cyclic esters (lactones) is 1. The summed E-state index contributed by atoms with van der Waals surface area (Å²) in [6.45, 7) is 0.133. The number of carbonyl (C=O) groups is 1. The van der Waals surface area contributed by atoms with E-state index in [1.54, 1.807) is 0 Å². The van der Waals surface area contributed by atoms with Crippen LogP contribution >= 0.6 is 0 Å². The predicted molar refractivity (Wildman–Crippen MR) is 29.8 cm³/mol. The van der Waals surface area contributed by atoms with Crippen molar-refractivity contribution in [1.29, 1.82) is 0 Å². The Morgan fingerprint density at radius 2 is 2.10 bits per heavy atom. The Kier molecular flexibility index (Phi) is 1.87. The smallest absolute Gasteiger partial charge is 0.376 e. The summed E-state index contributed by atoms with van der Waals surface area (Å²) in [4.78, 5) is 10.4. The second-order valence-electron chi connectivity index (χ2n) is 2.30. The van der Waals surface area contributed by atoms with Crippen LogP contribution in [0, 0.1) is 0 Å². The molecule has 1 aliphatic heterocycles. The van der Waals surface area contributed by atoms with Crippen molar-refractivity contribution in [2.24, 2.45) is 0 Å². The summed E-state index contributed by atoms with van der Waals surface area (Å²) >= 11 is 0. The molecular formula is C6H8F2O2. The average Bonchev–Trinajstić information content (AvgIpc) is 1.96. The molecule has 0 amide bonds. The van der Waals surface area contributed by atoms with Gasteiger partial charge in [-0.2, -0.15) is 8.78 Å². The van der Waals surface area contributed by atoms with E-state index in [9.17, 15) is 13.6 Å². The standard InChI is InChI=1S/C6H8F2O2/c7-6(8)3-1-2-4-10-5(6)9/h1-4H2. The van der Waals surface area contributed by atoms with Crippen LogP contribution in [-0.4, -0.2) is 18.5 Å². The van der Waals surface area contributed by atoms with Gasteiger partial charge in [-0.25, -0.2) is 4.79 Å². The molecule has 0 aromatic heterocycles. The summed E-state index contributed by atoms with van der Waals surface area (Å²) in [5.74, 6) is -4.61. The van der Waals surface area contributed by atoms with Gasteiger partial charge in [-0.3, -0.25) is 0 Å². The summed E-state index contributed by atoms with van der Waals surface area (Å²) in [5.41, 5.74) is 0. The minimum atomic E-state index is -3.24. The fraction of sp³-hybridized carbons (Fsp3) is 0.833. The number of ether oxygens (including phenoxy) is 1. The van der Waals surface area contributed by atoms with Gasteiger partial charge < -0.3 is 4.74 Å². The highest BCUT2D eigenvalue weighted by Crippen LogP contribution is 2.25. The van der Waals surface area contributed by atoms with E-state index in [1.807, 2.05) is 0 Å². The van der Waals surface area contributed by atoms with Crippen LogP contribution in [0.3, 0.4) is 0 Å². The molecule has 1 aliphatic rings. The Balaban J connectivity index is 2.61. The molecule has 10 heavy (non-hydrogen) atoms. The third-order valence-corrected chi connectivity index (χ3v) is 1.42. The van der Waals surface area contributed by atoms with Crippen LogP contribution in [0.25, 0.3) is 0 Å². The van der Waals surface area contributed by atoms with Crippen LogP contribution in [0.15, 0.2) is 0 Å². The van der Waals surface area contributed by atoms with Crippen LogP contribution in [0.2, 0.25) is 0 Å². The SMILES string of the molecule is O=C1OCCCCC1(F)F. The lowest BCUT2D eigenvalue weighted by Crippen LogP contribution is -2.28. The number of halogens is 2. The van der Waals surface area contributed by atoms with Crippen molar-refractivity contribution in [1.82, 2.24) is 0 Å². The van der Waals surface area contributed by atoms with E-state index in [0.29, 0.717) is 12.8 Å². The molecule has 0 atom stereocenters. The highest BCUT2D eigenvalue weighted by atomic mass is 19.3. The average molecular weight is 150 g/mol. The number of hydrogen-bond donors (Lipinski definition) is 0. The number of esters is 1. The Hall–Kier alpha value is -0.670. The van der Waals surface area contributed by atoms with E-state index in [4.69, 9.17) is 0 Å². The Morgan fingerprint density at radius 1 is 1.40 bits per heavy atom. The van der Waals surface area contributed by atoms with E-state index in [1.165, 1.54) is 0 Å². The third-order valence-electron chi connectivity index (χ3n) is 1.42. The zero-order valence-corrected chi connectivity index (χ0v) is 5.40. The van der Waals surface area contributed by atoms with Gasteiger partial charge in [0, 0.05) is 6.42 Å². The first-order valence-electron chi connectivity index (χ1n) is 3.18. The summed E-state index contributed by atoms with van der Waals surface area (Å²) in [7, 11) is 0. The van der Waals surface area contributed by atoms with Crippen LogP contribution < -0.4 is 0 Å². The minimum absolute atomic E-state index is 0.133. The largest absolute Gasteiger partial charge is 0.461 e. The topological polar surface area (TPSA) is 26.3 Å². The molecule has 0 unspecified atom stereocenters. The second kappa shape index (κ2) is 2.52. The molecule has 0 bridgehead atoms. The quantitative estimate of drug-likeness (QED) is 0.487. The van der Waals surface area contributed by atoms with E-state index in [-0.39, 0.29) is 13.0 Å². The lowest BCUT2D eigenvalue weighted by atomic mass is 10.2. The van der Waals surface area contributed by atoms with Crippen LogP contribution in [-0.2, 0) is 9.53 Å². The first-order valence-corrected chi connectivity index (χ1v) is 3.18.